The van der Waals surface area contributed by atoms with Crippen LogP contribution in [0.5, 0.6) is 11.5 Å². The van der Waals surface area contributed by atoms with Crippen LogP contribution < -0.4 is 26.0 Å². The Bertz CT molecular complexity index is 1230. The zero-order valence-electron chi connectivity index (χ0n) is 23.9. The van der Waals surface area contributed by atoms with Gasteiger partial charge in [-0.15, -0.1) is 0 Å². The van der Waals surface area contributed by atoms with E-state index >= 15 is 0 Å². The van der Waals surface area contributed by atoms with Gasteiger partial charge < -0.3 is 35.9 Å². The number of ether oxygens (including phenoxy) is 1. The summed E-state index contributed by atoms with van der Waals surface area (Å²) in [7, 11) is 0. The van der Waals surface area contributed by atoms with Gasteiger partial charge in [-0.1, -0.05) is 38.1 Å². The van der Waals surface area contributed by atoms with E-state index in [-0.39, 0.29) is 37.4 Å². The molecular formula is C30H38N4O8. The van der Waals surface area contributed by atoms with Gasteiger partial charge in [-0.2, -0.15) is 0 Å². The first-order chi connectivity index (χ1) is 20.0. The number of anilines is 1. The van der Waals surface area contributed by atoms with E-state index in [1.807, 2.05) is 18.2 Å². The van der Waals surface area contributed by atoms with Crippen LogP contribution >= 0.6 is 0 Å². The molecule has 0 saturated carbocycles. The van der Waals surface area contributed by atoms with Crippen molar-refractivity contribution in [3.8, 4) is 11.5 Å². The van der Waals surface area contributed by atoms with Crippen molar-refractivity contribution in [3.63, 3.8) is 0 Å². The number of hydrogen-bond donors (Lipinski definition) is 5. The van der Waals surface area contributed by atoms with Crippen molar-refractivity contribution in [3.05, 3.63) is 54.6 Å². The van der Waals surface area contributed by atoms with Crippen LogP contribution in [-0.4, -0.2) is 59.6 Å². The highest BCUT2D eigenvalue weighted by Crippen LogP contribution is 2.24. The monoisotopic (exact) mass is 582 g/mol. The van der Waals surface area contributed by atoms with Crippen LogP contribution in [0.3, 0.4) is 0 Å². The molecule has 0 heterocycles. The van der Waals surface area contributed by atoms with E-state index in [9.17, 15) is 28.8 Å². The van der Waals surface area contributed by atoms with E-state index in [1.54, 1.807) is 57.2 Å². The molecule has 3 unspecified atom stereocenters. The Morgan fingerprint density at radius 1 is 0.905 bits per heavy atom. The number of carbonyl (C=O) groups excluding carboxylic acids is 5. The normalized spacial score (nSPS) is 12.8. The molecule has 0 aromatic heterocycles. The van der Waals surface area contributed by atoms with Crippen LogP contribution in [0.4, 0.5) is 5.69 Å². The molecule has 0 spiro atoms. The average molecular weight is 583 g/mol. The third-order valence-electron chi connectivity index (χ3n) is 5.97. The minimum Gasteiger partial charge on any atom is -0.481 e. The van der Waals surface area contributed by atoms with Gasteiger partial charge >= 0.3 is 5.97 Å². The van der Waals surface area contributed by atoms with Crippen molar-refractivity contribution >= 4 is 41.6 Å². The molecule has 2 rings (SSSR count). The molecule has 226 valence electrons. The van der Waals surface area contributed by atoms with Gasteiger partial charge in [0.2, 0.25) is 23.6 Å². The maximum Gasteiger partial charge on any atom is 0.305 e. The van der Waals surface area contributed by atoms with Gasteiger partial charge in [-0.3, -0.25) is 24.0 Å². The third kappa shape index (κ3) is 11.8. The molecule has 12 nitrogen and oxygen atoms in total. The fraction of sp³-hybridized carbons (Fsp3) is 0.400. The highest BCUT2D eigenvalue weighted by Gasteiger charge is 2.32. The van der Waals surface area contributed by atoms with Crippen molar-refractivity contribution in [2.75, 3.05) is 11.9 Å². The fourth-order valence-corrected chi connectivity index (χ4v) is 4.00. The van der Waals surface area contributed by atoms with E-state index in [4.69, 9.17) is 9.84 Å². The van der Waals surface area contributed by atoms with Gasteiger partial charge in [0.05, 0.1) is 12.5 Å². The number of carbonyl (C=O) groups is 6. The lowest BCUT2D eigenvalue weighted by Gasteiger charge is -2.24. The van der Waals surface area contributed by atoms with Crippen molar-refractivity contribution in [2.24, 2.45) is 11.8 Å². The predicted molar refractivity (Wildman–Crippen MR) is 155 cm³/mol. The molecule has 0 aliphatic carbocycles. The molecule has 5 N–H and O–H groups in total. The fourth-order valence-electron chi connectivity index (χ4n) is 4.00. The SMILES string of the molecule is CCNC(=O)CCC(NC(=O)C(CC(C)C)C(=O)NC(C=O)CC(=O)O)C(=O)Nc1cccc(Oc2ccccc2)c1. The minimum absolute atomic E-state index is 0.0599. The Morgan fingerprint density at radius 2 is 1.57 bits per heavy atom. The van der Waals surface area contributed by atoms with Crippen molar-refractivity contribution in [1.82, 2.24) is 16.0 Å². The van der Waals surface area contributed by atoms with E-state index in [0.29, 0.717) is 23.7 Å². The summed E-state index contributed by atoms with van der Waals surface area (Å²) >= 11 is 0. The second kappa shape index (κ2) is 17.2. The lowest BCUT2D eigenvalue weighted by molar-refractivity contribution is -0.140. The summed E-state index contributed by atoms with van der Waals surface area (Å²) in [6.07, 6.45) is -0.420. The maximum absolute atomic E-state index is 13.3. The molecule has 2 aromatic rings. The Balaban J connectivity index is 2.22. The van der Waals surface area contributed by atoms with Crippen LogP contribution in [0.25, 0.3) is 0 Å². The molecule has 0 aliphatic rings. The van der Waals surface area contributed by atoms with Crippen molar-refractivity contribution in [1.29, 1.82) is 0 Å². The Labute approximate surface area is 244 Å². The smallest absolute Gasteiger partial charge is 0.305 e. The molecule has 0 fully saturated rings. The summed E-state index contributed by atoms with van der Waals surface area (Å²) in [6, 6.07) is 13.2. The first-order valence-corrected chi connectivity index (χ1v) is 13.7. The number of hydrogen-bond acceptors (Lipinski definition) is 7. The maximum atomic E-state index is 13.3. The largest absolute Gasteiger partial charge is 0.481 e. The van der Waals surface area contributed by atoms with E-state index in [2.05, 4.69) is 21.3 Å². The third-order valence-corrected chi connectivity index (χ3v) is 5.97. The second-order valence-electron chi connectivity index (χ2n) is 10.0. The zero-order chi connectivity index (χ0) is 31.1. The number of aliphatic carboxylic acids is 1. The van der Waals surface area contributed by atoms with Gasteiger partial charge in [0.25, 0.3) is 0 Å². The number of amides is 4. The molecule has 0 saturated heterocycles. The Kier molecular flexibility index (Phi) is 13.7. The van der Waals surface area contributed by atoms with E-state index in [1.165, 1.54) is 0 Å². The molecule has 0 radical (unpaired) electrons. The van der Waals surface area contributed by atoms with E-state index < -0.39 is 48.1 Å². The summed E-state index contributed by atoms with van der Waals surface area (Å²) in [6.45, 7) is 5.71. The van der Waals surface area contributed by atoms with Gasteiger partial charge in [0.15, 0.2) is 0 Å². The standard InChI is InChI=1S/C30H38N4O8/c1-4-31-26(36)14-13-25(30(41)32-20-9-8-12-23(16-20)42-22-10-6-5-7-11-22)34-29(40)24(15-19(2)3)28(39)33-21(18-35)17-27(37)38/h5-12,16,18-19,21,24-25H,4,13-15,17H2,1-3H3,(H,31,36)(H,32,41)(H,33,39)(H,34,40)(H,37,38). The summed E-state index contributed by atoms with van der Waals surface area (Å²) < 4.78 is 5.81. The van der Waals surface area contributed by atoms with Crippen LogP contribution in [0.1, 0.15) is 46.5 Å². The lowest BCUT2D eigenvalue weighted by Crippen LogP contribution is -2.51. The number of nitrogens with one attached hydrogen (secondary N) is 4. The van der Waals surface area contributed by atoms with Gasteiger partial charge in [0.1, 0.15) is 29.7 Å². The summed E-state index contributed by atoms with van der Waals surface area (Å²) in [5, 5.41) is 19.2. The molecule has 42 heavy (non-hydrogen) atoms. The first-order valence-electron chi connectivity index (χ1n) is 13.7. The number of carboxylic acids is 1. The van der Waals surface area contributed by atoms with Gasteiger partial charge in [-0.25, -0.2) is 0 Å². The Hall–Kier alpha value is -4.74. The summed E-state index contributed by atoms with van der Waals surface area (Å²) in [5.41, 5.74) is 0.379. The molecule has 0 bridgehead atoms. The number of aldehydes is 1. The number of carboxylic acid groups (broad SMARTS) is 1. The quantitative estimate of drug-likeness (QED) is 0.139. The number of rotatable bonds is 17. The molecule has 12 heteroatoms. The molecule has 2 aromatic carbocycles. The summed E-state index contributed by atoms with van der Waals surface area (Å²) in [4.78, 5) is 74.1. The highest BCUT2D eigenvalue weighted by molar-refractivity contribution is 6.04. The lowest BCUT2D eigenvalue weighted by atomic mass is 9.94. The topological polar surface area (TPSA) is 180 Å². The van der Waals surface area contributed by atoms with Gasteiger partial charge in [0, 0.05) is 24.7 Å². The number of benzene rings is 2. The molecule has 4 amide bonds. The van der Waals surface area contributed by atoms with Crippen LogP contribution in [0.2, 0.25) is 0 Å². The highest BCUT2D eigenvalue weighted by atomic mass is 16.5. The van der Waals surface area contributed by atoms with Crippen LogP contribution in [0.15, 0.2) is 54.6 Å². The number of para-hydroxylation sites is 1. The summed E-state index contributed by atoms with van der Waals surface area (Å²) in [5.74, 6) is -4.25. The molecular weight excluding hydrogens is 544 g/mol. The second-order valence-corrected chi connectivity index (χ2v) is 10.0. The Morgan fingerprint density at radius 3 is 2.19 bits per heavy atom. The zero-order valence-corrected chi connectivity index (χ0v) is 23.9. The minimum atomic E-state index is -1.32. The van der Waals surface area contributed by atoms with E-state index in [0.717, 1.165) is 0 Å². The molecule has 0 aliphatic heterocycles. The first kappa shape index (κ1) is 33.5. The predicted octanol–water partition coefficient (Wildman–Crippen LogP) is 2.64. The van der Waals surface area contributed by atoms with Gasteiger partial charge in [-0.05, 0) is 49.9 Å². The van der Waals surface area contributed by atoms with Crippen molar-refractivity contribution < 1.29 is 38.6 Å². The van der Waals surface area contributed by atoms with Crippen LogP contribution in [-0.2, 0) is 28.8 Å². The molecule has 3 atom stereocenters. The average Bonchev–Trinajstić information content (AvgIpc) is 2.93. The van der Waals surface area contributed by atoms with Crippen LogP contribution in [0, 0.1) is 11.8 Å². The van der Waals surface area contributed by atoms with Crippen molar-refractivity contribution in [2.45, 2.75) is 58.5 Å².